The molecular formula is C22H25N5O9S. The molecule has 0 aromatic heterocycles. The van der Waals surface area contributed by atoms with E-state index in [4.69, 9.17) is 31.2 Å². The maximum Gasteiger partial charge on any atom is 0.343 e. The number of aliphatic imine (C=N–C) groups is 1. The zero-order valence-corrected chi connectivity index (χ0v) is 20.2. The van der Waals surface area contributed by atoms with Crippen LogP contribution in [0.3, 0.4) is 0 Å². The number of carboxylic acids is 2. The van der Waals surface area contributed by atoms with E-state index in [1.165, 1.54) is 18.2 Å². The zero-order chi connectivity index (χ0) is 27.2. The van der Waals surface area contributed by atoms with Crippen molar-refractivity contribution in [1.29, 1.82) is 0 Å². The van der Waals surface area contributed by atoms with Crippen molar-refractivity contribution >= 4 is 39.8 Å². The number of ether oxygens (including phenoxy) is 2. The van der Waals surface area contributed by atoms with Gasteiger partial charge >= 0.3 is 17.9 Å². The fourth-order valence-corrected chi connectivity index (χ4v) is 4.43. The number of carboxylic acid groups (broad SMARTS) is 2. The van der Waals surface area contributed by atoms with Gasteiger partial charge < -0.3 is 31.2 Å². The number of esters is 1. The Bertz CT molecular complexity index is 1340. The highest BCUT2D eigenvalue weighted by Crippen LogP contribution is 2.31. The van der Waals surface area contributed by atoms with Crippen molar-refractivity contribution in [3.05, 3.63) is 53.1 Å². The number of hydrogen-bond donors (Lipinski definition) is 6. The summed E-state index contributed by atoms with van der Waals surface area (Å²) in [4.78, 5) is 38.9. The fourth-order valence-electron chi connectivity index (χ4n) is 3.43. The van der Waals surface area contributed by atoms with Crippen LogP contribution in [0.4, 0.5) is 5.69 Å². The number of benzene rings is 2. The molecule has 1 heterocycles. The minimum atomic E-state index is -4.39. The Labute approximate surface area is 211 Å². The van der Waals surface area contributed by atoms with Gasteiger partial charge in [0.15, 0.2) is 17.5 Å². The number of aryl methyl sites for hydroxylation is 1. The zero-order valence-electron chi connectivity index (χ0n) is 19.3. The van der Waals surface area contributed by atoms with Crippen LogP contribution in [0.5, 0.6) is 11.5 Å². The van der Waals surface area contributed by atoms with Crippen molar-refractivity contribution in [2.24, 2.45) is 16.5 Å². The van der Waals surface area contributed by atoms with Crippen molar-refractivity contribution in [1.82, 2.24) is 9.44 Å². The molecule has 0 bridgehead atoms. The van der Waals surface area contributed by atoms with Crippen LogP contribution in [0.25, 0.3) is 0 Å². The number of guanidine groups is 1. The molecule has 0 spiro atoms. The van der Waals surface area contributed by atoms with Crippen molar-refractivity contribution in [2.45, 2.75) is 31.8 Å². The maximum absolute atomic E-state index is 12.9. The summed E-state index contributed by atoms with van der Waals surface area (Å²) in [5.41, 5.74) is 12.6. The molecule has 1 unspecified atom stereocenters. The van der Waals surface area contributed by atoms with Gasteiger partial charge in [-0.05, 0) is 54.3 Å². The molecule has 14 nitrogen and oxygen atoms in total. The van der Waals surface area contributed by atoms with Gasteiger partial charge in [0.1, 0.15) is 6.04 Å². The van der Waals surface area contributed by atoms with E-state index in [1.807, 2.05) is 0 Å². The van der Waals surface area contributed by atoms with Gasteiger partial charge in [-0.1, -0.05) is 6.07 Å². The van der Waals surface area contributed by atoms with Gasteiger partial charge in [0.25, 0.3) is 10.2 Å². The third-order valence-corrected chi connectivity index (χ3v) is 6.19. The summed E-state index contributed by atoms with van der Waals surface area (Å²) in [6.45, 7) is -0.0232. The number of rotatable bonds is 9. The van der Waals surface area contributed by atoms with E-state index < -0.39 is 40.6 Å². The molecule has 198 valence electrons. The summed E-state index contributed by atoms with van der Waals surface area (Å²) < 4.78 is 39.7. The number of nitrogens with two attached hydrogens (primary N) is 2. The minimum absolute atomic E-state index is 0.0464. The second kappa shape index (κ2) is 11.7. The van der Waals surface area contributed by atoms with Gasteiger partial charge in [-0.25, -0.2) is 9.79 Å². The summed E-state index contributed by atoms with van der Waals surface area (Å²) in [6.07, 6.45) is 0.121. The SMILES string of the molecule is NC(N)=Nc1ccc2c(c1)CCCOc1ccc(CNS(=O)(=O)NC(CC(=O)O)C(=O)O)cc1OC2=O. The smallest absolute Gasteiger partial charge is 0.343 e. The molecule has 37 heavy (non-hydrogen) atoms. The standard InChI is InChI=1S/C22H25N5O9S/c23-22(24)26-14-4-5-15-13(9-14)2-1-7-35-17-6-3-12(8-18(17)36-21(15)32)11-25-37(33,34)27-16(20(30)31)10-19(28)29/h3-6,8-9,16,25,27H,1-2,7,10-11H2,(H,28,29)(H,30,31)(H4,23,24,26). The first kappa shape index (κ1) is 27.4. The molecule has 1 aliphatic heterocycles. The maximum atomic E-state index is 12.9. The summed E-state index contributed by atoms with van der Waals surface area (Å²) in [5, 5.41) is 17.8. The summed E-state index contributed by atoms with van der Waals surface area (Å²) in [7, 11) is -4.39. The lowest BCUT2D eigenvalue weighted by atomic mass is 10.0. The van der Waals surface area contributed by atoms with E-state index in [2.05, 4.69) is 9.71 Å². The molecule has 0 saturated heterocycles. The summed E-state index contributed by atoms with van der Waals surface area (Å²) >= 11 is 0. The third kappa shape index (κ3) is 7.89. The van der Waals surface area contributed by atoms with Gasteiger partial charge in [-0.2, -0.15) is 17.9 Å². The van der Waals surface area contributed by atoms with Crippen LogP contribution >= 0.6 is 0 Å². The van der Waals surface area contributed by atoms with Crippen LogP contribution in [0.15, 0.2) is 41.4 Å². The number of aliphatic carboxylic acids is 2. The number of carbonyl (C=O) groups excluding carboxylic acids is 1. The largest absolute Gasteiger partial charge is 0.490 e. The van der Waals surface area contributed by atoms with Crippen LogP contribution in [-0.4, -0.2) is 55.1 Å². The fraction of sp³-hybridized carbons (Fsp3) is 0.273. The van der Waals surface area contributed by atoms with Crippen LogP contribution in [0, 0.1) is 0 Å². The van der Waals surface area contributed by atoms with E-state index in [-0.39, 0.29) is 24.0 Å². The van der Waals surface area contributed by atoms with Crippen LogP contribution in [-0.2, 0) is 32.8 Å². The predicted molar refractivity (Wildman–Crippen MR) is 130 cm³/mol. The van der Waals surface area contributed by atoms with Gasteiger partial charge in [0.2, 0.25) is 0 Å². The lowest BCUT2D eigenvalue weighted by molar-refractivity contribution is -0.145. The Morgan fingerprint density at radius 1 is 1.11 bits per heavy atom. The van der Waals surface area contributed by atoms with E-state index in [9.17, 15) is 22.8 Å². The first-order chi connectivity index (χ1) is 17.4. The number of nitrogens with zero attached hydrogens (tertiary/aromatic N) is 1. The second-order valence-corrected chi connectivity index (χ2v) is 9.46. The molecule has 15 heteroatoms. The van der Waals surface area contributed by atoms with Gasteiger partial charge in [-0.3, -0.25) is 9.59 Å². The topological polar surface area (TPSA) is 233 Å². The molecule has 8 N–H and O–H groups in total. The highest BCUT2D eigenvalue weighted by atomic mass is 32.2. The van der Waals surface area contributed by atoms with E-state index >= 15 is 0 Å². The molecular weight excluding hydrogens is 510 g/mol. The summed E-state index contributed by atoms with van der Waals surface area (Å²) in [5.74, 6) is -3.61. The monoisotopic (exact) mass is 535 g/mol. The van der Waals surface area contributed by atoms with E-state index in [0.717, 1.165) is 0 Å². The van der Waals surface area contributed by atoms with Crippen LogP contribution in [0.2, 0.25) is 0 Å². The molecule has 3 rings (SSSR count). The average Bonchev–Trinajstić information content (AvgIpc) is 2.80. The highest BCUT2D eigenvalue weighted by molar-refractivity contribution is 7.87. The average molecular weight is 536 g/mol. The molecule has 1 aliphatic rings. The lowest BCUT2D eigenvalue weighted by Crippen LogP contribution is -2.47. The van der Waals surface area contributed by atoms with E-state index in [1.54, 1.807) is 22.9 Å². The number of carbonyl (C=O) groups is 3. The first-order valence-corrected chi connectivity index (χ1v) is 12.3. The molecule has 1 atom stereocenters. The molecule has 2 aromatic carbocycles. The normalized spacial score (nSPS) is 14.2. The molecule has 0 radical (unpaired) electrons. The van der Waals surface area contributed by atoms with E-state index in [0.29, 0.717) is 41.8 Å². The Kier molecular flexibility index (Phi) is 8.65. The van der Waals surface area contributed by atoms with Crippen LogP contribution < -0.4 is 30.4 Å². The summed E-state index contributed by atoms with van der Waals surface area (Å²) in [6, 6.07) is 7.36. The Balaban J connectivity index is 1.78. The van der Waals surface area contributed by atoms with Crippen molar-refractivity contribution < 1.29 is 42.5 Å². The quantitative estimate of drug-likeness (QED) is 0.108. The number of fused-ring (bicyclic) bond motifs is 2. The molecule has 0 saturated carbocycles. The minimum Gasteiger partial charge on any atom is -0.490 e. The van der Waals surface area contributed by atoms with Gasteiger partial charge in [0.05, 0.1) is 24.3 Å². The highest BCUT2D eigenvalue weighted by Gasteiger charge is 2.26. The first-order valence-electron chi connectivity index (χ1n) is 10.9. The molecule has 2 aromatic rings. The molecule has 0 amide bonds. The van der Waals surface area contributed by atoms with Gasteiger partial charge in [-0.15, -0.1) is 0 Å². The van der Waals surface area contributed by atoms with Crippen molar-refractivity contribution in [3.63, 3.8) is 0 Å². The lowest BCUT2D eigenvalue weighted by Gasteiger charge is -2.17. The Morgan fingerprint density at radius 2 is 1.86 bits per heavy atom. The predicted octanol–water partition coefficient (Wildman–Crippen LogP) is -0.0124. The Hall–Kier alpha value is -4.21. The van der Waals surface area contributed by atoms with Crippen LogP contribution in [0.1, 0.15) is 34.3 Å². The second-order valence-electron chi connectivity index (χ2n) is 7.93. The van der Waals surface area contributed by atoms with Crippen molar-refractivity contribution in [3.8, 4) is 11.5 Å². The molecule has 0 aliphatic carbocycles. The molecule has 0 fully saturated rings. The third-order valence-electron chi connectivity index (χ3n) is 5.07. The van der Waals surface area contributed by atoms with Crippen molar-refractivity contribution in [2.75, 3.05) is 6.61 Å². The van der Waals surface area contributed by atoms with Gasteiger partial charge in [0, 0.05) is 6.54 Å². The Morgan fingerprint density at radius 3 is 2.54 bits per heavy atom. The number of hydrogen-bond acceptors (Lipinski definition) is 8. The number of nitrogens with one attached hydrogen (secondary N) is 2.